The molecule has 0 saturated carbocycles. The van der Waals surface area contributed by atoms with Gasteiger partial charge < -0.3 is 10.4 Å². The van der Waals surface area contributed by atoms with Gasteiger partial charge in [0.2, 0.25) is 5.91 Å². The molecule has 0 bridgehead atoms. The highest BCUT2D eigenvalue weighted by Gasteiger charge is 2.48. The molecule has 0 aliphatic carbocycles. The van der Waals surface area contributed by atoms with E-state index in [-0.39, 0.29) is 25.1 Å². The highest BCUT2D eigenvalue weighted by molar-refractivity contribution is 7.89. The third-order valence-corrected chi connectivity index (χ3v) is 7.23. The van der Waals surface area contributed by atoms with Crippen LogP contribution in [0.15, 0.2) is 24.4 Å². The first-order valence-corrected chi connectivity index (χ1v) is 12.8. The average molecular weight is 512 g/mol. The molecule has 0 radical (unpaired) electrons. The predicted molar refractivity (Wildman–Crippen MR) is 121 cm³/mol. The number of fused-ring (bicyclic) bond motifs is 1. The number of hydrogen-bond acceptors (Lipinski definition) is 6. The fourth-order valence-electron chi connectivity index (χ4n) is 4.89. The minimum Gasteiger partial charge on any atom is -0.465 e. The van der Waals surface area contributed by atoms with Crippen molar-refractivity contribution in [3.8, 4) is 0 Å². The highest BCUT2D eigenvalue weighted by Crippen LogP contribution is 2.37. The zero-order chi connectivity index (χ0) is 25.9. The maximum Gasteiger partial charge on any atom is 0.408 e. The summed E-state index contributed by atoms with van der Waals surface area (Å²) in [6, 6.07) is 0.0622. The summed E-state index contributed by atoms with van der Waals surface area (Å²) < 4.78 is 53.2. The number of carboxylic acid groups (broad SMARTS) is 1. The Balaban J connectivity index is 1.69. The molecule has 2 amide bonds. The standard InChI is InChI=1S/C22H27F2N5O5S/c1-22(2,3)29(21(31)32)17-8-18(20(30)25-19(17)14-7-13(23)5-6-15(14)24)27-9-12-10-28(35(4,33)34)26-16(12)11-27/h5-7,10,17-19H,8-9,11H2,1-4H3,(H,25,30)(H,31,32)/t17-,18?,19+/m0/s1. The summed E-state index contributed by atoms with van der Waals surface area (Å²) >= 11 is 0. The number of aromatic nitrogens is 2. The van der Waals surface area contributed by atoms with Gasteiger partial charge in [0.15, 0.2) is 0 Å². The normalized spacial score (nSPS) is 23.1. The zero-order valence-electron chi connectivity index (χ0n) is 19.7. The van der Waals surface area contributed by atoms with Crippen molar-refractivity contribution >= 4 is 22.0 Å². The molecule has 2 N–H and O–H groups in total. The number of benzene rings is 1. The van der Waals surface area contributed by atoms with Gasteiger partial charge in [-0.1, -0.05) is 0 Å². The van der Waals surface area contributed by atoms with E-state index in [1.165, 1.54) is 6.20 Å². The van der Waals surface area contributed by atoms with Crippen molar-refractivity contribution in [2.45, 2.75) is 63.9 Å². The Morgan fingerprint density at radius 2 is 1.94 bits per heavy atom. The molecule has 2 aromatic rings. The van der Waals surface area contributed by atoms with Gasteiger partial charge in [-0.2, -0.15) is 9.19 Å². The van der Waals surface area contributed by atoms with E-state index in [9.17, 15) is 31.9 Å². The van der Waals surface area contributed by atoms with Crippen molar-refractivity contribution in [1.82, 2.24) is 24.3 Å². The summed E-state index contributed by atoms with van der Waals surface area (Å²) in [6.45, 7) is 5.48. The molecule has 2 aliphatic rings. The number of amides is 2. The quantitative estimate of drug-likeness (QED) is 0.644. The Morgan fingerprint density at radius 3 is 2.51 bits per heavy atom. The summed E-state index contributed by atoms with van der Waals surface area (Å²) in [5.74, 6) is -1.92. The molecule has 1 fully saturated rings. The predicted octanol–water partition coefficient (Wildman–Crippen LogP) is 2.06. The smallest absolute Gasteiger partial charge is 0.408 e. The van der Waals surface area contributed by atoms with E-state index in [1.54, 1.807) is 25.7 Å². The van der Waals surface area contributed by atoms with Crippen molar-refractivity contribution < 1.29 is 31.9 Å². The van der Waals surface area contributed by atoms with Gasteiger partial charge in [0.25, 0.3) is 10.0 Å². The third kappa shape index (κ3) is 4.74. The molecule has 2 aliphatic heterocycles. The molecular formula is C22H27F2N5O5S. The van der Waals surface area contributed by atoms with E-state index in [1.807, 2.05) is 0 Å². The summed E-state index contributed by atoms with van der Waals surface area (Å²) in [6.07, 6.45) is 1.19. The number of nitrogens with one attached hydrogen (secondary N) is 1. The second-order valence-electron chi connectivity index (χ2n) is 9.94. The van der Waals surface area contributed by atoms with Crippen LogP contribution in [0, 0.1) is 11.6 Å². The lowest BCUT2D eigenvalue weighted by Crippen LogP contribution is -2.63. The maximum absolute atomic E-state index is 14.7. The van der Waals surface area contributed by atoms with E-state index < -0.39 is 57.3 Å². The Hall–Kier alpha value is -3.06. The van der Waals surface area contributed by atoms with Crippen LogP contribution in [0.25, 0.3) is 0 Å². The van der Waals surface area contributed by atoms with E-state index in [2.05, 4.69) is 10.4 Å². The summed E-state index contributed by atoms with van der Waals surface area (Å²) in [4.78, 5) is 28.4. The topological polar surface area (TPSA) is 125 Å². The molecule has 1 aromatic carbocycles. The Morgan fingerprint density at radius 1 is 1.26 bits per heavy atom. The number of nitrogens with zero attached hydrogens (tertiary/aromatic N) is 4. The molecule has 13 heteroatoms. The first-order valence-electron chi connectivity index (χ1n) is 11.0. The monoisotopic (exact) mass is 511 g/mol. The van der Waals surface area contributed by atoms with Crippen LogP contribution in [0.4, 0.5) is 13.6 Å². The van der Waals surface area contributed by atoms with Crippen LogP contribution in [0.3, 0.4) is 0 Å². The van der Waals surface area contributed by atoms with Crippen LogP contribution in [0.2, 0.25) is 0 Å². The van der Waals surface area contributed by atoms with E-state index in [4.69, 9.17) is 0 Å². The molecule has 1 unspecified atom stereocenters. The number of hydrogen-bond donors (Lipinski definition) is 2. The van der Waals surface area contributed by atoms with Crippen LogP contribution in [-0.4, -0.2) is 68.4 Å². The Bertz CT molecular complexity index is 1270. The maximum atomic E-state index is 14.7. The molecule has 3 atom stereocenters. The van der Waals surface area contributed by atoms with E-state index in [0.29, 0.717) is 11.3 Å². The Labute approximate surface area is 201 Å². The molecule has 3 heterocycles. The molecule has 4 rings (SSSR count). The number of piperidine rings is 1. The lowest BCUT2D eigenvalue weighted by atomic mass is 9.85. The van der Waals surface area contributed by atoms with Gasteiger partial charge in [-0.3, -0.25) is 14.6 Å². The van der Waals surface area contributed by atoms with Crippen molar-refractivity contribution in [2.75, 3.05) is 6.26 Å². The van der Waals surface area contributed by atoms with Crippen molar-refractivity contribution in [1.29, 1.82) is 0 Å². The first kappa shape index (κ1) is 25.0. The van der Waals surface area contributed by atoms with Gasteiger partial charge in [-0.05, 0) is 45.4 Å². The molecule has 1 aromatic heterocycles. The van der Waals surface area contributed by atoms with Crippen molar-refractivity contribution in [2.24, 2.45) is 0 Å². The molecule has 0 spiro atoms. The number of carbonyl (C=O) groups excluding carboxylic acids is 1. The third-order valence-electron chi connectivity index (χ3n) is 6.37. The fraction of sp³-hybridized carbons (Fsp3) is 0.500. The molecule has 190 valence electrons. The zero-order valence-corrected chi connectivity index (χ0v) is 20.5. The lowest BCUT2D eigenvalue weighted by Gasteiger charge is -2.48. The van der Waals surface area contributed by atoms with Gasteiger partial charge in [-0.15, -0.1) is 0 Å². The number of rotatable bonds is 4. The molecule has 35 heavy (non-hydrogen) atoms. The lowest BCUT2D eigenvalue weighted by molar-refractivity contribution is -0.133. The molecule has 1 saturated heterocycles. The SMILES string of the molecule is CC(C)(C)N(C(=O)O)[C@H]1CC(N2Cc3cn(S(C)(=O)=O)nc3C2)C(=O)N[C@@H]1c1cc(F)ccc1F. The van der Waals surface area contributed by atoms with Crippen LogP contribution < -0.4 is 5.32 Å². The van der Waals surface area contributed by atoms with Crippen LogP contribution in [0.1, 0.15) is 50.1 Å². The minimum atomic E-state index is -3.56. The average Bonchev–Trinajstić information content (AvgIpc) is 3.29. The van der Waals surface area contributed by atoms with Crippen molar-refractivity contribution in [3.63, 3.8) is 0 Å². The van der Waals surface area contributed by atoms with Gasteiger partial charge in [0, 0.05) is 36.0 Å². The largest absolute Gasteiger partial charge is 0.465 e. The fourth-order valence-corrected chi connectivity index (χ4v) is 5.46. The second-order valence-corrected chi connectivity index (χ2v) is 11.8. The number of carbonyl (C=O) groups is 2. The van der Waals surface area contributed by atoms with Crippen LogP contribution in [0.5, 0.6) is 0 Å². The van der Waals surface area contributed by atoms with Crippen LogP contribution >= 0.6 is 0 Å². The summed E-state index contributed by atoms with van der Waals surface area (Å²) in [5.41, 5.74) is 0.106. The number of halogens is 2. The van der Waals surface area contributed by atoms with Gasteiger partial charge >= 0.3 is 6.09 Å². The van der Waals surface area contributed by atoms with Gasteiger partial charge in [0.05, 0.1) is 30.1 Å². The minimum absolute atomic E-state index is 0.0202. The molecule has 10 nitrogen and oxygen atoms in total. The van der Waals surface area contributed by atoms with Gasteiger partial charge in [0.1, 0.15) is 11.6 Å². The second kappa shape index (κ2) is 8.55. The molecular weight excluding hydrogens is 484 g/mol. The first-order chi connectivity index (χ1) is 16.2. The van der Waals surface area contributed by atoms with Gasteiger partial charge in [-0.25, -0.2) is 22.0 Å². The van der Waals surface area contributed by atoms with Crippen molar-refractivity contribution in [3.05, 3.63) is 52.9 Å². The highest BCUT2D eigenvalue weighted by atomic mass is 32.2. The van der Waals surface area contributed by atoms with E-state index >= 15 is 0 Å². The van der Waals surface area contributed by atoms with Crippen LogP contribution in [-0.2, 0) is 27.9 Å². The van der Waals surface area contributed by atoms with E-state index in [0.717, 1.165) is 33.4 Å². The Kier molecular flexibility index (Phi) is 6.12. The summed E-state index contributed by atoms with van der Waals surface area (Å²) in [5, 5.41) is 16.9. The summed E-state index contributed by atoms with van der Waals surface area (Å²) in [7, 11) is -3.56.